The predicted molar refractivity (Wildman–Crippen MR) is 166 cm³/mol. The van der Waals surface area contributed by atoms with Gasteiger partial charge in [0.15, 0.2) is 5.16 Å². The van der Waals surface area contributed by atoms with Gasteiger partial charge >= 0.3 is 0 Å². The molecule has 41 heavy (non-hydrogen) atoms. The van der Waals surface area contributed by atoms with Gasteiger partial charge < -0.3 is 29.7 Å². The molecular formula is C30H44N8O2S. The number of rotatable bonds is 8. The monoisotopic (exact) mass is 580 g/mol. The van der Waals surface area contributed by atoms with Crippen LogP contribution in [0, 0.1) is 0 Å². The average Bonchev–Trinajstić information content (AvgIpc) is 3.57. The second-order valence-corrected chi connectivity index (χ2v) is 12.3. The quantitative estimate of drug-likeness (QED) is 0.372. The summed E-state index contributed by atoms with van der Waals surface area (Å²) in [4.78, 5) is 34.3. The molecule has 1 aromatic heterocycles. The molecule has 0 saturated carbocycles. The summed E-state index contributed by atoms with van der Waals surface area (Å²) >= 11 is 1.55. The topological polar surface area (TPSA) is 80.3 Å². The number of likely N-dealkylation sites (tertiary alicyclic amines) is 2. The standard InChI is InChI=1S/C30H44N8O2S/c1-41-30-32-27(31-24-4-6-25(7-5-24)36-18-20-40-21-19-36)22-28(33-30)37-14-16-38(17-15-37)29(39)23-34-12-8-26(9-13-34)35-10-2-3-11-35/h4-7,22,26H,2-3,8-21,23H2,1H3,(H,31,32,33). The number of nitrogens with one attached hydrogen (secondary N) is 1. The van der Waals surface area contributed by atoms with Crippen molar-refractivity contribution in [3.8, 4) is 0 Å². The summed E-state index contributed by atoms with van der Waals surface area (Å²) in [5.74, 6) is 1.96. The number of thioether (sulfide) groups is 1. The molecule has 4 fully saturated rings. The van der Waals surface area contributed by atoms with E-state index in [1.807, 2.05) is 17.2 Å². The highest BCUT2D eigenvalue weighted by Gasteiger charge is 2.29. The van der Waals surface area contributed by atoms with E-state index in [0.29, 0.717) is 6.54 Å². The number of ether oxygens (including phenoxy) is 1. The van der Waals surface area contributed by atoms with Crippen molar-refractivity contribution in [3.63, 3.8) is 0 Å². The van der Waals surface area contributed by atoms with E-state index < -0.39 is 0 Å². The SMILES string of the molecule is CSc1nc(Nc2ccc(N3CCOCC3)cc2)cc(N2CCN(C(=O)CN3CCC(N4CCCC4)CC3)CC2)n1. The van der Waals surface area contributed by atoms with Gasteiger partial charge in [-0.15, -0.1) is 0 Å². The van der Waals surface area contributed by atoms with E-state index in [0.717, 1.165) is 94.1 Å². The van der Waals surface area contributed by atoms with Gasteiger partial charge in [-0.2, -0.15) is 0 Å². The highest BCUT2D eigenvalue weighted by Crippen LogP contribution is 2.26. The van der Waals surface area contributed by atoms with Gasteiger partial charge in [-0.1, -0.05) is 11.8 Å². The van der Waals surface area contributed by atoms with Crippen molar-refractivity contribution in [2.24, 2.45) is 0 Å². The molecule has 11 heteroatoms. The second-order valence-electron chi connectivity index (χ2n) is 11.5. The number of carbonyl (C=O) groups is 1. The Morgan fingerprint density at radius 2 is 1.61 bits per heavy atom. The lowest BCUT2D eigenvalue weighted by atomic mass is 10.0. The zero-order valence-corrected chi connectivity index (χ0v) is 25.2. The lowest BCUT2D eigenvalue weighted by Gasteiger charge is -2.39. The van der Waals surface area contributed by atoms with Crippen LogP contribution in [-0.4, -0.2) is 128 Å². The molecule has 6 rings (SSSR count). The van der Waals surface area contributed by atoms with Gasteiger partial charge in [-0.25, -0.2) is 9.97 Å². The second kappa shape index (κ2) is 13.6. The van der Waals surface area contributed by atoms with Crippen LogP contribution in [0.25, 0.3) is 0 Å². The van der Waals surface area contributed by atoms with E-state index in [4.69, 9.17) is 14.7 Å². The number of carbonyl (C=O) groups excluding carboxylic acids is 1. The fourth-order valence-corrected chi connectivity index (χ4v) is 6.86. The third-order valence-electron chi connectivity index (χ3n) is 8.92. The number of amides is 1. The molecule has 10 nitrogen and oxygen atoms in total. The van der Waals surface area contributed by atoms with Crippen molar-refractivity contribution in [1.82, 2.24) is 24.7 Å². The predicted octanol–water partition coefficient (Wildman–Crippen LogP) is 2.99. The van der Waals surface area contributed by atoms with Crippen molar-refractivity contribution in [2.75, 3.05) is 107 Å². The van der Waals surface area contributed by atoms with Crippen molar-refractivity contribution < 1.29 is 9.53 Å². The molecule has 1 N–H and O–H groups in total. The van der Waals surface area contributed by atoms with E-state index in [1.54, 1.807) is 11.8 Å². The maximum Gasteiger partial charge on any atom is 0.236 e. The van der Waals surface area contributed by atoms with Gasteiger partial charge in [0.1, 0.15) is 11.6 Å². The fourth-order valence-electron chi connectivity index (χ4n) is 6.48. The molecule has 1 amide bonds. The van der Waals surface area contributed by atoms with Crippen LogP contribution in [0.2, 0.25) is 0 Å². The zero-order chi connectivity index (χ0) is 28.0. The number of benzene rings is 1. The molecule has 0 atom stereocenters. The highest BCUT2D eigenvalue weighted by molar-refractivity contribution is 7.98. The van der Waals surface area contributed by atoms with Crippen molar-refractivity contribution in [2.45, 2.75) is 36.9 Å². The number of anilines is 4. The largest absolute Gasteiger partial charge is 0.378 e. The Morgan fingerprint density at radius 3 is 2.29 bits per heavy atom. The molecule has 0 aliphatic carbocycles. The Bertz CT molecular complexity index is 1140. The number of piperidine rings is 1. The molecule has 2 aromatic rings. The van der Waals surface area contributed by atoms with Gasteiger partial charge in [0.05, 0.1) is 19.8 Å². The molecule has 0 bridgehead atoms. The first kappa shape index (κ1) is 28.5. The van der Waals surface area contributed by atoms with E-state index in [1.165, 1.54) is 44.5 Å². The molecule has 0 spiro atoms. The van der Waals surface area contributed by atoms with E-state index >= 15 is 0 Å². The van der Waals surface area contributed by atoms with Crippen LogP contribution in [0.1, 0.15) is 25.7 Å². The van der Waals surface area contributed by atoms with Gasteiger partial charge in [0.25, 0.3) is 0 Å². The molecule has 4 aliphatic rings. The summed E-state index contributed by atoms with van der Waals surface area (Å²) in [6, 6.07) is 11.3. The van der Waals surface area contributed by atoms with Gasteiger partial charge in [-0.05, 0) is 69.3 Å². The third kappa shape index (κ3) is 7.25. The number of nitrogens with zero attached hydrogens (tertiary/aromatic N) is 7. The molecule has 0 unspecified atom stereocenters. The van der Waals surface area contributed by atoms with Crippen LogP contribution in [0.3, 0.4) is 0 Å². The van der Waals surface area contributed by atoms with Crippen LogP contribution in [0.5, 0.6) is 0 Å². The van der Waals surface area contributed by atoms with Gasteiger partial charge in [0, 0.05) is 75.8 Å². The van der Waals surface area contributed by atoms with Crippen molar-refractivity contribution in [3.05, 3.63) is 30.3 Å². The Hall–Kier alpha value is -2.60. The van der Waals surface area contributed by atoms with Gasteiger partial charge in [-0.3, -0.25) is 9.69 Å². The molecular weight excluding hydrogens is 536 g/mol. The Balaban J connectivity index is 1.00. The lowest BCUT2D eigenvalue weighted by Crippen LogP contribution is -2.53. The first-order chi connectivity index (χ1) is 20.1. The minimum Gasteiger partial charge on any atom is -0.378 e. The van der Waals surface area contributed by atoms with E-state index in [9.17, 15) is 4.79 Å². The summed E-state index contributed by atoms with van der Waals surface area (Å²) in [5.41, 5.74) is 2.21. The smallest absolute Gasteiger partial charge is 0.236 e. The summed E-state index contributed by atoms with van der Waals surface area (Å²) < 4.78 is 5.48. The maximum atomic E-state index is 13.1. The minimum atomic E-state index is 0.264. The summed E-state index contributed by atoms with van der Waals surface area (Å²) in [6.45, 7) is 11.6. The molecule has 222 valence electrons. The van der Waals surface area contributed by atoms with Gasteiger partial charge in [0.2, 0.25) is 5.91 Å². The van der Waals surface area contributed by atoms with Crippen LogP contribution < -0.4 is 15.1 Å². The Kier molecular flexibility index (Phi) is 9.45. The number of aromatic nitrogens is 2. The number of hydrogen-bond donors (Lipinski definition) is 1. The average molecular weight is 581 g/mol. The Labute approximate surface area is 248 Å². The summed E-state index contributed by atoms with van der Waals surface area (Å²) in [6.07, 6.45) is 7.09. The van der Waals surface area contributed by atoms with E-state index in [-0.39, 0.29) is 5.91 Å². The first-order valence-corrected chi connectivity index (χ1v) is 16.5. The summed E-state index contributed by atoms with van der Waals surface area (Å²) in [7, 11) is 0. The van der Waals surface area contributed by atoms with E-state index in [2.05, 4.69) is 49.2 Å². The van der Waals surface area contributed by atoms with Crippen LogP contribution in [0.4, 0.5) is 23.0 Å². The molecule has 1 aromatic carbocycles. The minimum absolute atomic E-state index is 0.264. The number of hydrogen-bond acceptors (Lipinski definition) is 10. The first-order valence-electron chi connectivity index (χ1n) is 15.3. The highest BCUT2D eigenvalue weighted by atomic mass is 32.2. The molecule has 0 radical (unpaired) electrons. The van der Waals surface area contributed by atoms with Crippen LogP contribution >= 0.6 is 11.8 Å². The zero-order valence-electron chi connectivity index (χ0n) is 24.3. The van der Waals surface area contributed by atoms with Crippen LogP contribution in [-0.2, 0) is 9.53 Å². The Morgan fingerprint density at radius 1 is 0.902 bits per heavy atom. The lowest BCUT2D eigenvalue weighted by molar-refractivity contribution is -0.133. The fraction of sp³-hybridized carbons (Fsp3) is 0.633. The number of piperazine rings is 1. The van der Waals surface area contributed by atoms with Crippen molar-refractivity contribution >= 4 is 40.7 Å². The van der Waals surface area contributed by atoms with Crippen LogP contribution in [0.15, 0.2) is 35.5 Å². The molecule has 4 saturated heterocycles. The summed E-state index contributed by atoms with van der Waals surface area (Å²) in [5, 5.41) is 4.22. The maximum absolute atomic E-state index is 13.1. The van der Waals surface area contributed by atoms with Crippen molar-refractivity contribution in [1.29, 1.82) is 0 Å². The third-order valence-corrected chi connectivity index (χ3v) is 9.47. The molecule has 5 heterocycles. The molecule has 4 aliphatic heterocycles. The normalized spacial score (nSPS) is 21.4. The number of morpholine rings is 1.